The first-order valence-electron chi connectivity index (χ1n) is 9.64. The van der Waals surface area contributed by atoms with E-state index in [9.17, 15) is 40.0 Å². The van der Waals surface area contributed by atoms with Crippen molar-refractivity contribution in [3.05, 3.63) is 86.2 Å². The third kappa shape index (κ3) is 3.79. The Bertz CT molecular complexity index is 1700. The first kappa shape index (κ1) is 24.9. The van der Waals surface area contributed by atoms with Gasteiger partial charge in [-0.2, -0.15) is 8.42 Å². The molecular formula is C22H12F5NO7S. The van der Waals surface area contributed by atoms with E-state index in [0.29, 0.717) is 0 Å². The lowest BCUT2D eigenvalue weighted by atomic mass is 10.1. The molecule has 8 nitrogen and oxygen atoms in total. The van der Waals surface area contributed by atoms with Gasteiger partial charge in [-0.05, 0) is 47.2 Å². The Morgan fingerprint density at radius 3 is 1.42 bits per heavy atom. The maximum Gasteiger partial charge on any atom is 0.363 e. The maximum absolute atomic E-state index is 14.2. The van der Waals surface area contributed by atoms with E-state index >= 15 is 0 Å². The van der Waals surface area contributed by atoms with Gasteiger partial charge in [0.25, 0.3) is 11.1 Å². The van der Waals surface area contributed by atoms with Crippen LogP contribution in [-0.2, 0) is 10.1 Å². The van der Waals surface area contributed by atoms with Crippen molar-refractivity contribution in [2.45, 2.75) is 4.90 Å². The van der Waals surface area contributed by atoms with Crippen LogP contribution in [0.4, 0.5) is 22.0 Å². The van der Waals surface area contributed by atoms with E-state index in [4.69, 9.17) is 9.47 Å². The molecule has 4 aromatic rings. The fourth-order valence-electron chi connectivity index (χ4n) is 3.44. The minimum absolute atomic E-state index is 0.0707. The standard InChI is InChI=1S/C22H12F5NO7S/c1-33-9-3-5-11-13(7-9)14-8-10(34-2)4-6-12(14)22(30)28(21(11)29)35-36(31,32)20-18(26)16(24)15(23)17(25)19(20)27/h3-8H,1-2H3. The SMILES string of the molecule is COc1ccc2c(=O)n(OS(=O)(=O)c3c(F)c(F)c(F)c(F)c3F)c(=O)c3ccc(OC)cc3c2c1. The number of ether oxygens (including phenoxy) is 2. The van der Waals surface area contributed by atoms with Crippen molar-refractivity contribution in [1.29, 1.82) is 0 Å². The van der Waals surface area contributed by atoms with Gasteiger partial charge in [0.1, 0.15) is 11.5 Å². The molecule has 3 aromatic carbocycles. The summed E-state index contributed by atoms with van der Waals surface area (Å²) >= 11 is 0. The van der Waals surface area contributed by atoms with Crippen molar-refractivity contribution in [2.75, 3.05) is 14.2 Å². The summed E-state index contributed by atoms with van der Waals surface area (Å²) in [7, 11) is -3.31. The zero-order valence-corrected chi connectivity index (χ0v) is 18.9. The fraction of sp³-hybridized carbons (Fsp3) is 0.0909. The summed E-state index contributed by atoms with van der Waals surface area (Å²) < 4.78 is 109. The third-order valence-corrected chi connectivity index (χ3v) is 6.37. The van der Waals surface area contributed by atoms with E-state index in [0.717, 1.165) is 12.1 Å². The highest BCUT2D eigenvalue weighted by Crippen LogP contribution is 2.29. The van der Waals surface area contributed by atoms with Gasteiger partial charge in [-0.25, -0.2) is 22.0 Å². The van der Waals surface area contributed by atoms with Crippen LogP contribution < -0.4 is 24.9 Å². The Morgan fingerprint density at radius 2 is 1.03 bits per heavy atom. The van der Waals surface area contributed by atoms with Crippen LogP contribution in [0.2, 0.25) is 0 Å². The molecule has 0 aliphatic rings. The highest BCUT2D eigenvalue weighted by molar-refractivity contribution is 7.87. The number of hydrogen-bond acceptors (Lipinski definition) is 7. The number of rotatable bonds is 5. The second kappa shape index (κ2) is 8.78. The molecule has 0 spiro atoms. The Kier molecular flexibility index (Phi) is 6.08. The monoisotopic (exact) mass is 529 g/mol. The lowest BCUT2D eigenvalue weighted by Crippen LogP contribution is -2.39. The Morgan fingerprint density at radius 1 is 0.639 bits per heavy atom. The molecule has 0 bridgehead atoms. The summed E-state index contributed by atoms with van der Waals surface area (Å²) in [5, 5.41) is -0.491. The number of hydrogen-bond donors (Lipinski definition) is 0. The number of fused-ring (bicyclic) bond motifs is 3. The summed E-state index contributed by atoms with van der Waals surface area (Å²) in [6, 6.07) is 7.59. The van der Waals surface area contributed by atoms with E-state index < -0.39 is 55.2 Å². The van der Waals surface area contributed by atoms with Gasteiger partial charge < -0.3 is 9.47 Å². The highest BCUT2D eigenvalue weighted by atomic mass is 32.2. The van der Waals surface area contributed by atoms with Gasteiger partial charge in [-0.1, -0.05) is 4.73 Å². The number of benzene rings is 3. The van der Waals surface area contributed by atoms with Crippen molar-refractivity contribution >= 4 is 31.7 Å². The second-order valence-electron chi connectivity index (χ2n) is 7.16. The fourth-order valence-corrected chi connectivity index (χ4v) is 4.46. The molecule has 0 saturated heterocycles. The smallest absolute Gasteiger partial charge is 0.363 e. The van der Waals surface area contributed by atoms with Crippen molar-refractivity contribution in [2.24, 2.45) is 0 Å². The van der Waals surface area contributed by atoms with Crippen LogP contribution in [0.15, 0.2) is 50.9 Å². The van der Waals surface area contributed by atoms with E-state index in [-0.39, 0.29) is 37.8 Å². The highest BCUT2D eigenvalue weighted by Gasteiger charge is 2.36. The van der Waals surface area contributed by atoms with E-state index in [1.165, 1.54) is 38.5 Å². The topological polar surface area (TPSA) is 101 Å². The van der Waals surface area contributed by atoms with E-state index in [2.05, 4.69) is 4.28 Å². The van der Waals surface area contributed by atoms with Crippen molar-refractivity contribution in [3.8, 4) is 11.5 Å². The number of methoxy groups -OCH3 is 2. The zero-order valence-electron chi connectivity index (χ0n) is 18.1. The van der Waals surface area contributed by atoms with Gasteiger partial charge in [0.15, 0.2) is 28.2 Å². The first-order valence-corrected chi connectivity index (χ1v) is 11.0. The molecule has 14 heteroatoms. The van der Waals surface area contributed by atoms with Gasteiger partial charge in [0.2, 0.25) is 5.82 Å². The molecule has 0 radical (unpaired) electrons. The van der Waals surface area contributed by atoms with Crippen LogP contribution in [0, 0.1) is 29.1 Å². The van der Waals surface area contributed by atoms with Gasteiger partial charge in [0.05, 0.1) is 25.0 Å². The molecule has 0 N–H and O–H groups in total. The molecule has 1 aromatic heterocycles. The van der Waals surface area contributed by atoms with Gasteiger partial charge >= 0.3 is 10.1 Å². The van der Waals surface area contributed by atoms with Gasteiger partial charge in [-0.15, -0.1) is 0 Å². The number of halogens is 5. The molecule has 0 aliphatic carbocycles. The number of nitrogens with zero attached hydrogens (tertiary/aromatic N) is 1. The molecule has 36 heavy (non-hydrogen) atoms. The third-order valence-electron chi connectivity index (χ3n) is 5.17. The van der Waals surface area contributed by atoms with Crippen molar-refractivity contribution in [3.63, 3.8) is 0 Å². The predicted molar refractivity (Wildman–Crippen MR) is 115 cm³/mol. The summed E-state index contributed by atoms with van der Waals surface area (Å²) in [5.41, 5.74) is -2.83. The number of aromatic nitrogens is 1. The molecule has 0 amide bonds. The molecule has 0 aliphatic heterocycles. The Balaban J connectivity index is 2.11. The van der Waals surface area contributed by atoms with Crippen LogP contribution in [0.5, 0.6) is 11.5 Å². The van der Waals surface area contributed by atoms with Gasteiger partial charge in [0, 0.05) is 0 Å². The lowest BCUT2D eigenvalue weighted by molar-refractivity contribution is 0.255. The predicted octanol–water partition coefficient (Wildman–Crippen LogP) is 3.05. The normalized spacial score (nSPS) is 11.6. The minimum atomic E-state index is -5.96. The summed E-state index contributed by atoms with van der Waals surface area (Å²) in [6.07, 6.45) is 0. The second-order valence-corrected chi connectivity index (χ2v) is 8.62. The maximum atomic E-state index is 14.2. The largest absolute Gasteiger partial charge is 0.497 e. The zero-order chi connectivity index (χ0) is 26.5. The molecule has 0 fully saturated rings. The molecule has 0 unspecified atom stereocenters. The Hall–Kier alpha value is -4.20. The molecule has 0 saturated carbocycles. The van der Waals surface area contributed by atoms with Gasteiger partial charge in [-0.3, -0.25) is 13.9 Å². The van der Waals surface area contributed by atoms with E-state index in [1.807, 2.05) is 0 Å². The molecule has 0 atom stereocenters. The summed E-state index contributed by atoms with van der Waals surface area (Å²) in [6.45, 7) is 0. The van der Waals surface area contributed by atoms with Crippen LogP contribution in [0.3, 0.4) is 0 Å². The van der Waals surface area contributed by atoms with Crippen LogP contribution in [-0.4, -0.2) is 27.4 Å². The minimum Gasteiger partial charge on any atom is -0.497 e. The molecule has 188 valence electrons. The van der Waals surface area contributed by atoms with Crippen LogP contribution >= 0.6 is 0 Å². The quantitative estimate of drug-likeness (QED) is 0.223. The van der Waals surface area contributed by atoms with E-state index in [1.54, 1.807) is 0 Å². The van der Waals surface area contributed by atoms with Crippen molar-refractivity contribution in [1.82, 2.24) is 4.73 Å². The van der Waals surface area contributed by atoms with Crippen LogP contribution in [0.25, 0.3) is 21.5 Å². The molecule has 1 heterocycles. The first-order chi connectivity index (χ1) is 16.9. The average Bonchev–Trinajstić information content (AvgIpc) is 2.94. The summed E-state index contributed by atoms with van der Waals surface area (Å²) in [5.74, 6) is -12.7. The molecular weight excluding hydrogens is 517 g/mol. The van der Waals surface area contributed by atoms with Crippen molar-refractivity contribution < 1.29 is 44.1 Å². The molecule has 4 rings (SSSR count). The average molecular weight is 529 g/mol. The van der Waals surface area contributed by atoms with Crippen LogP contribution in [0.1, 0.15) is 0 Å². The lowest BCUT2D eigenvalue weighted by Gasteiger charge is -2.10. The summed E-state index contributed by atoms with van der Waals surface area (Å²) in [4.78, 5) is 24.0. The Labute approximate surface area is 197 Å².